The van der Waals surface area contributed by atoms with E-state index in [1.807, 2.05) is 35.0 Å². The predicted octanol–water partition coefficient (Wildman–Crippen LogP) is 3.11. The first kappa shape index (κ1) is 15.7. The Hall–Kier alpha value is -2.14. The van der Waals surface area contributed by atoms with Crippen LogP contribution in [0.25, 0.3) is 5.69 Å². The van der Waals surface area contributed by atoms with E-state index in [0.29, 0.717) is 13.0 Å². The highest BCUT2D eigenvalue weighted by Crippen LogP contribution is 2.38. The summed E-state index contributed by atoms with van der Waals surface area (Å²) in [5.74, 6) is 0.0462. The summed E-state index contributed by atoms with van der Waals surface area (Å²) >= 11 is 0. The minimum absolute atomic E-state index is 0.0215. The lowest BCUT2D eigenvalue weighted by molar-refractivity contribution is -0.118. The van der Waals surface area contributed by atoms with Crippen LogP contribution in [-0.4, -0.2) is 22.0 Å². The maximum atomic E-state index is 12.6. The van der Waals surface area contributed by atoms with E-state index in [9.17, 15) is 4.79 Å². The second-order valence-electron chi connectivity index (χ2n) is 6.48. The van der Waals surface area contributed by atoms with Gasteiger partial charge in [-0.05, 0) is 36.9 Å². The van der Waals surface area contributed by atoms with Crippen LogP contribution in [0.15, 0.2) is 43.0 Å². The molecule has 5 heteroatoms. The first-order valence-corrected chi connectivity index (χ1v) is 8.30. The third kappa shape index (κ3) is 3.62. The fraction of sp³-hybridized carbons (Fsp3) is 0.444. The fourth-order valence-electron chi connectivity index (χ4n) is 3.50. The summed E-state index contributed by atoms with van der Waals surface area (Å²) in [5, 5.41) is 3.06. The van der Waals surface area contributed by atoms with Crippen LogP contribution in [0.5, 0.6) is 0 Å². The summed E-state index contributed by atoms with van der Waals surface area (Å²) in [5.41, 5.74) is 7.70. The molecule has 5 nitrogen and oxygen atoms in total. The van der Waals surface area contributed by atoms with Gasteiger partial charge in [0, 0.05) is 18.8 Å². The number of carbonyl (C=O) groups excluding carboxylic acids is 1. The number of carbonyl (C=O) groups is 1. The van der Waals surface area contributed by atoms with Crippen LogP contribution in [0, 0.1) is 5.41 Å². The minimum atomic E-state index is -0.0215. The number of hydrogen-bond donors (Lipinski definition) is 2. The average molecular weight is 312 g/mol. The number of imidazole rings is 1. The number of aromatic nitrogens is 2. The zero-order chi connectivity index (χ0) is 16.1. The van der Waals surface area contributed by atoms with Crippen molar-refractivity contribution < 1.29 is 4.79 Å². The Balaban J connectivity index is 1.73. The highest BCUT2D eigenvalue weighted by Gasteiger charge is 2.33. The summed E-state index contributed by atoms with van der Waals surface area (Å²) in [6, 6.07) is 7.77. The molecule has 1 amide bonds. The number of rotatable bonds is 5. The molecule has 122 valence electrons. The molecule has 0 atom stereocenters. The van der Waals surface area contributed by atoms with Gasteiger partial charge in [-0.15, -0.1) is 0 Å². The summed E-state index contributed by atoms with van der Waals surface area (Å²) < 4.78 is 1.90. The molecule has 0 unspecified atom stereocenters. The number of nitrogens with two attached hydrogens (primary N) is 1. The van der Waals surface area contributed by atoms with Gasteiger partial charge in [0.15, 0.2) is 0 Å². The molecule has 0 spiro atoms. The molecule has 1 aromatic carbocycles. The molecule has 23 heavy (non-hydrogen) atoms. The molecule has 1 heterocycles. The van der Waals surface area contributed by atoms with Gasteiger partial charge >= 0.3 is 0 Å². The lowest BCUT2D eigenvalue weighted by Gasteiger charge is -2.35. The van der Waals surface area contributed by atoms with Gasteiger partial charge in [0.1, 0.15) is 0 Å². The second kappa shape index (κ2) is 6.96. The largest absolute Gasteiger partial charge is 0.330 e. The molecule has 0 radical (unpaired) electrons. The van der Waals surface area contributed by atoms with E-state index >= 15 is 0 Å². The standard InChI is InChI=1S/C18H24N4O/c19-13-18(8-4-1-5-9-18)12-17(23)21-15-6-2-3-7-16(15)22-11-10-20-14-22/h2-3,6-7,10-11,14H,1,4-5,8-9,12-13,19H2,(H,21,23). The third-order valence-corrected chi connectivity index (χ3v) is 4.84. The first-order chi connectivity index (χ1) is 11.2. The SMILES string of the molecule is NCC1(CC(=O)Nc2ccccc2-n2ccnc2)CCCCC1. The lowest BCUT2D eigenvalue weighted by Crippen LogP contribution is -2.36. The van der Waals surface area contributed by atoms with Gasteiger partial charge in [-0.25, -0.2) is 4.98 Å². The van der Waals surface area contributed by atoms with Crippen LogP contribution in [0.1, 0.15) is 38.5 Å². The smallest absolute Gasteiger partial charge is 0.225 e. The summed E-state index contributed by atoms with van der Waals surface area (Å²) in [6.45, 7) is 0.587. The molecule has 2 aromatic rings. The number of amides is 1. The van der Waals surface area contributed by atoms with Crippen molar-refractivity contribution >= 4 is 11.6 Å². The molecule has 0 saturated heterocycles. The van der Waals surface area contributed by atoms with E-state index in [0.717, 1.165) is 24.2 Å². The van der Waals surface area contributed by atoms with Gasteiger partial charge in [0.25, 0.3) is 0 Å². The van der Waals surface area contributed by atoms with E-state index in [2.05, 4.69) is 10.3 Å². The molecular formula is C18H24N4O. The van der Waals surface area contributed by atoms with Gasteiger partial charge in [0.2, 0.25) is 5.91 Å². The van der Waals surface area contributed by atoms with Gasteiger partial charge in [-0.2, -0.15) is 0 Å². The first-order valence-electron chi connectivity index (χ1n) is 8.30. The number of para-hydroxylation sites is 2. The van der Waals surface area contributed by atoms with E-state index in [4.69, 9.17) is 5.73 Å². The lowest BCUT2D eigenvalue weighted by atomic mass is 9.71. The number of hydrogen-bond acceptors (Lipinski definition) is 3. The Bertz CT molecular complexity index is 645. The highest BCUT2D eigenvalue weighted by molar-refractivity contribution is 5.93. The van der Waals surface area contributed by atoms with Crippen molar-refractivity contribution in [2.75, 3.05) is 11.9 Å². The van der Waals surface area contributed by atoms with Gasteiger partial charge in [0.05, 0.1) is 17.7 Å². The van der Waals surface area contributed by atoms with E-state index in [-0.39, 0.29) is 11.3 Å². The Morgan fingerprint density at radius 3 is 2.74 bits per heavy atom. The molecule has 1 aliphatic carbocycles. The highest BCUT2D eigenvalue weighted by atomic mass is 16.1. The zero-order valence-electron chi connectivity index (χ0n) is 13.4. The van der Waals surface area contributed by atoms with Crippen LogP contribution < -0.4 is 11.1 Å². The summed E-state index contributed by atoms with van der Waals surface area (Å²) in [4.78, 5) is 16.6. The molecule has 1 aliphatic rings. The molecule has 3 N–H and O–H groups in total. The quantitative estimate of drug-likeness (QED) is 0.891. The van der Waals surface area contributed by atoms with Crippen LogP contribution in [0.4, 0.5) is 5.69 Å². The molecule has 1 saturated carbocycles. The van der Waals surface area contributed by atoms with Crippen LogP contribution in [0.2, 0.25) is 0 Å². The zero-order valence-corrected chi connectivity index (χ0v) is 13.4. The van der Waals surface area contributed by atoms with E-state index in [1.54, 1.807) is 12.5 Å². The van der Waals surface area contributed by atoms with Crippen molar-refractivity contribution in [1.29, 1.82) is 0 Å². The maximum absolute atomic E-state index is 12.6. The third-order valence-electron chi connectivity index (χ3n) is 4.84. The normalized spacial score (nSPS) is 16.9. The Morgan fingerprint density at radius 2 is 2.04 bits per heavy atom. The van der Waals surface area contributed by atoms with Gasteiger partial charge < -0.3 is 15.6 Å². The van der Waals surface area contributed by atoms with Crippen molar-refractivity contribution in [3.8, 4) is 5.69 Å². The minimum Gasteiger partial charge on any atom is -0.330 e. The average Bonchev–Trinajstić information content (AvgIpc) is 3.10. The van der Waals surface area contributed by atoms with Crippen molar-refractivity contribution in [2.24, 2.45) is 11.1 Å². The Morgan fingerprint density at radius 1 is 1.26 bits per heavy atom. The number of nitrogens with zero attached hydrogens (tertiary/aromatic N) is 2. The Labute approximate surface area is 136 Å². The van der Waals surface area contributed by atoms with Crippen molar-refractivity contribution in [2.45, 2.75) is 38.5 Å². The number of benzene rings is 1. The van der Waals surface area contributed by atoms with Crippen molar-refractivity contribution in [3.05, 3.63) is 43.0 Å². The molecular weight excluding hydrogens is 288 g/mol. The fourth-order valence-corrected chi connectivity index (χ4v) is 3.50. The summed E-state index contributed by atoms with van der Waals surface area (Å²) in [6.07, 6.45) is 11.5. The van der Waals surface area contributed by atoms with E-state index < -0.39 is 0 Å². The molecule has 0 aliphatic heterocycles. The van der Waals surface area contributed by atoms with Crippen LogP contribution >= 0.6 is 0 Å². The molecule has 1 aromatic heterocycles. The number of nitrogens with one attached hydrogen (secondary N) is 1. The predicted molar refractivity (Wildman–Crippen MR) is 91.4 cm³/mol. The second-order valence-corrected chi connectivity index (χ2v) is 6.48. The summed E-state index contributed by atoms with van der Waals surface area (Å²) in [7, 11) is 0. The number of anilines is 1. The van der Waals surface area contributed by atoms with Crippen molar-refractivity contribution in [3.63, 3.8) is 0 Å². The Kier molecular flexibility index (Phi) is 4.76. The molecule has 1 fully saturated rings. The van der Waals surface area contributed by atoms with Crippen molar-refractivity contribution in [1.82, 2.24) is 9.55 Å². The van der Waals surface area contributed by atoms with Crippen LogP contribution in [-0.2, 0) is 4.79 Å². The molecule has 0 bridgehead atoms. The monoisotopic (exact) mass is 312 g/mol. The van der Waals surface area contributed by atoms with Crippen LogP contribution in [0.3, 0.4) is 0 Å². The van der Waals surface area contributed by atoms with Gasteiger partial charge in [-0.3, -0.25) is 4.79 Å². The molecule has 3 rings (SSSR count). The van der Waals surface area contributed by atoms with Gasteiger partial charge in [-0.1, -0.05) is 31.4 Å². The topological polar surface area (TPSA) is 72.9 Å². The van der Waals surface area contributed by atoms with E-state index in [1.165, 1.54) is 19.3 Å². The maximum Gasteiger partial charge on any atom is 0.225 e.